The molecule has 0 saturated carbocycles. The first-order chi connectivity index (χ1) is 9.53. The summed E-state index contributed by atoms with van der Waals surface area (Å²) in [5.41, 5.74) is 0. The van der Waals surface area contributed by atoms with E-state index in [1.165, 1.54) is 42.2 Å². The summed E-state index contributed by atoms with van der Waals surface area (Å²) in [6.07, 6.45) is 7.93. The van der Waals surface area contributed by atoms with Gasteiger partial charge in [-0.1, -0.05) is 78.0 Å². The fourth-order valence-corrected chi connectivity index (χ4v) is 4.22. The average molecular weight is 323 g/mol. The number of hydrogen-bond acceptors (Lipinski definition) is 1. The molecule has 0 radical (unpaired) electrons. The van der Waals surface area contributed by atoms with Crippen LogP contribution in [0.3, 0.4) is 0 Å². The maximum absolute atomic E-state index is 6.02. The van der Waals surface area contributed by atoms with E-state index in [2.05, 4.69) is 52.0 Å². The predicted octanol–water partition coefficient (Wildman–Crippen LogP) is 5.40. The Morgan fingerprint density at radius 2 is 1.57 bits per heavy atom. The van der Waals surface area contributed by atoms with Crippen LogP contribution in [-0.4, -0.2) is 27.0 Å². The summed E-state index contributed by atoms with van der Waals surface area (Å²) < 4.78 is 7.95. The van der Waals surface area contributed by atoms with Crippen LogP contribution in [0.5, 0.6) is 5.75 Å². The summed E-state index contributed by atoms with van der Waals surface area (Å²) in [5.74, 6) is 1.14. The maximum atomic E-state index is 6.02. The molecule has 0 amide bonds. The van der Waals surface area contributed by atoms with E-state index in [1.54, 1.807) is 0 Å². The molecular weight excluding hydrogens is 292 g/mol. The quantitative estimate of drug-likeness (QED) is 0.437. The maximum Gasteiger partial charge on any atom is 0.421 e. The van der Waals surface area contributed by atoms with Gasteiger partial charge in [0.25, 0.3) is 0 Å². The lowest BCUT2D eigenvalue weighted by Crippen LogP contribution is -2.25. The highest BCUT2D eigenvalue weighted by atomic mass is 35.5. The third-order valence-corrected chi connectivity index (χ3v) is 5.47. The molecule has 21 heavy (non-hydrogen) atoms. The van der Waals surface area contributed by atoms with Gasteiger partial charge in [0.1, 0.15) is 0 Å². The van der Waals surface area contributed by atoms with Crippen molar-refractivity contribution in [3.63, 3.8) is 0 Å². The van der Waals surface area contributed by atoms with E-state index >= 15 is 0 Å². The molecule has 0 heterocycles. The first-order valence-electron chi connectivity index (χ1n) is 8.23. The minimum atomic E-state index is -0.278. The van der Waals surface area contributed by atoms with Gasteiger partial charge in [-0.05, 0) is 12.5 Å². The summed E-state index contributed by atoms with van der Waals surface area (Å²) in [6.45, 7) is 10.2. The zero-order valence-corrected chi connectivity index (χ0v) is 16.5. The van der Waals surface area contributed by atoms with Crippen LogP contribution in [0.1, 0.15) is 66.2 Å². The Hall–Kier alpha value is 0.0762. The van der Waals surface area contributed by atoms with Gasteiger partial charge < -0.3 is 4.74 Å². The first kappa shape index (κ1) is 21.1. The van der Waals surface area contributed by atoms with Gasteiger partial charge in [-0.25, -0.2) is 0 Å². The summed E-state index contributed by atoms with van der Waals surface area (Å²) in [5, 5.41) is 0. The standard InChI is InChI=1S/C14H21O.C4H9.ClH.Mg/c1-2-3-4-5-6-10-13-15-14-11-8-7-9-12-14;1-4(2)3;;/h7-9,11H,2-6,10,13H2,1H3;1-3H3;1H;. The van der Waals surface area contributed by atoms with Crippen molar-refractivity contribution in [3.05, 3.63) is 24.3 Å². The highest BCUT2D eigenvalue weighted by Crippen LogP contribution is 2.21. The predicted molar refractivity (Wildman–Crippen MR) is 97.7 cm³/mol. The van der Waals surface area contributed by atoms with Crippen molar-refractivity contribution >= 4 is 36.5 Å². The zero-order chi connectivity index (χ0) is 14.8. The molecule has 1 aromatic rings. The average Bonchev–Trinajstić information content (AvgIpc) is 2.38. The molecule has 0 atom stereocenters. The second-order valence-corrected chi connectivity index (χ2v) is 10.2. The minimum absolute atomic E-state index is 0. The monoisotopic (exact) mass is 322 g/mol. The van der Waals surface area contributed by atoms with E-state index in [9.17, 15) is 0 Å². The van der Waals surface area contributed by atoms with Crippen molar-refractivity contribution in [2.24, 2.45) is 0 Å². The fourth-order valence-electron chi connectivity index (χ4n) is 2.43. The van der Waals surface area contributed by atoms with Crippen LogP contribution in [0.25, 0.3) is 0 Å². The molecule has 0 fully saturated rings. The lowest BCUT2D eigenvalue weighted by atomic mass is 10.1. The number of rotatable bonds is 9. The fraction of sp³-hybridized carbons (Fsp3) is 0.667. The van der Waals surface area contributed by atoms with E-state index in [-0.39, 0.29) is 32.8 Å². The van der Waals surface area contributed by atoms with Crippen LogP contribution in [0.15, 0.2) is 24.3 Å². The van der Waals surface area contributed by atoms with Gasteiger partial charge in [0.2, 0.25) is 0 Å². The summed E-state index contributed by atoms with van der Waals surface area (Å²) in [7, 11) is 0. The largest absolute Gasteiger partial charge is 0.496 e. The number of para-hydroxylation sites is 1. The van der Waals surface area contributed by atoms with E-state index in [0.29, 0.717) is 3.54 Å². The number of halogens is 1. The van der Waals surface area contributed by atoms with Crippen molar-refractivity contribution in [2.45, 2.75) is 69.8 Å². The van der Waals surface area contributed by atoms with E-state index < -0.39 is 0 Å². The number of benzene rings is 1. The Morgan fingerprint density at radius 1 is 0.952 bits per heavy atom. The Labute approximate surface area is 147 Å². The Morgan fingerprint density at radius 3 is 2.24 bits per heavy atom. The normalized spacial score (nSPS) is 10.7. The minimum Gasteiger partial charge on any atom is -0.496 e. The van der Waals surface area contributed by atoms with Gasteiger partial charge in [-0.3, -0.25) is 0 Å². The van der Waals surface area contributed by atoms with Crippen molar-refractivity contribution in [1.82, 2.24) is 0 Å². The van der Waals surface area contributed by atoms with E-state index in [4.69, 9.17) is 4.74 Å². The van der Waals surface area contributed by atoms with Gasteiger partial charge in [-0.2, -0.15) is 0 Å². The summed E-state index contributed by atoms with van der Waals surface area (Å²) in [4.78, 5) is 0. The summed E-state index contributed by atoms with van der Waals surface area (Å²) in [6, 6.07) is 8.64. The number of unbranched alkanes of at least 4 members (excludes halogenated alkanes) is 5. The second kappa shape index (κ2) is 11.6. The lowest BCUT2D eigenvalue weighted by molar-refractivity contribution is 0.306. The molecule has 1 rings (SSSR count). The lowest BCUT2D eigenvalue weighted by Gasteiger charge is -2.19. The molecule has 1 aromatic carbocycles. The SMILES string of the molecule is CCCCCCCCOc1cccc[c]1[Mg][C](C)(C)C.Cl. The molecule has 0 aromatic heterocycles. The zero-order valence-electron chi connectivity index (χ0n) is 14.3. The molecule has 0 spiro atoms. The van der Waals surface area contributed by atoms with E-state index in [0.717, 1.165) is 12.4 Å². The van der Waals surface area contributed by atoms with Gasteiger partial charge in [0.15, 0.2) is 0 Å². The molecule has 0 aliphatic heterocycles. The van der Waals surface area contributed by atoms with E-state index in [1.807, 2.05) is 0 Å². The van der Waals surface area contributed by atoms with Crippen LogP contribution in [-0.2, 0) is 0 Å². The van der Waals surface area contributed by atoms with Crippen LogP contribution in [0.4, 0.5) is 0 Å². The molecule has 118 valence electrons. The Balaban J connectivity index is 0.00000400. The Kier molecular flexibility index (Phi) is 11.7. The molecular formula is C18H31ClMgO. The van der Waals surface area contributed by atoms with Crippen LogP contribution < -0.4 is 8.43 Å². The molecule has 0 bridgehead atoms. The van der Waals surface area contributed by atoms with Gasteiger partial charge in [0, 0.05) is 0 Å². The second-order valence-electron chi connectivity index (χ2n) is 6.96. The van der Waals surface area contributed by atoms with Crippen molar-refractivity contribution in [3.8, 4) is 5.75 Å². The van der Waals surface area contributed by atoms with Crippen molar-refractivity contribution in [2.75, 3.05) is 6.61 Å². The number of ether oxygens (including phenoxy) is 1. The molecule has 0 saturated heterocycles. The highest BCUT2D eigenvalue weighted by molar-refractivity contribution is 6.57. The van der Waals surface area contributed by atoms with Crippen LogP contribution >= 0.6 is 12.4 Å². The van der Waals surface area contributed by atoms with Gasteiger partial charge in [-0.15, -0.1) is 19.6 Å². The topological polar surface area (TPSA) is 9.23 Å². The number of hydrogen-bond donors (Lipinski definition) is 0. The molecule has 0 N–H and O–H groups in total. The molecule has 1 nitrogen and oxygen atoms in total. The smallest absolute Gasteiger partial charge is 0.421 e. The molecule has 0 aliphatic rings. The third kappa shape index (κ3) is 10.4. The highest BCUT2D eigenvalue weighted by Gasteiger charge is 2.18. The van der Waals surface area contributed by atoms with Crippen molar-refractivity contribution < 1.29 is 4.74 Å². The first-order valence-corrected chi connectivity index (χ1v) is 9.65. The molecule has 0 aliphatic carbocycles. The summed E-state index contributed by atoms with van der Waals surface area (Å²) >= 11 is -0.278. The van der Waals surface area contributed by atoms with Crippen LogP contribution in [0.2, 0.25) is 3.54 Å². The third-order valence-electron chi connectivity index (χ3n) is 3.45. The van der Waals surface area contributed by atoms with Crippen molar-refractivity contribution in [1.29, 1.82) is 0 Å². The Bertz CT molecular complexity index is 374. The molecule has 0 unspecified atom stereocenters. The molecule has 3 heteroatoms. The van der Waals surface area contributed by atoms with Crippen LogP contribution in [0, 0.1) is 0 Å². The van der Waals surface area contributed by atoms with Gasteiger partial charge >= 0.3 is 20.4 Å². The van der Waals surface area contributed by atoms with Gasteiger partial charge in [0.05, 0.1) is 12.4 Å².